The molecule has 0 bridgehead atoms. The second-order valence-corrected chi connectivity index (χ2v) is 4.53. The lowest BCUT2D eigenvalue weighted by Crippen LogP contribution is -2.40. The molecule has 0 aromatic heterocycles. The zero-order valence-electron chi connectivity index (χ0n) is 13.4. The van der Waals surface area contributed by atoms with Gasteiger partial charge < -0.3 is 25.3 Å². The maximum atomic E-state index is 9.52. The summed E-state index contributed by atoms with van der Waals surface area (Å²) in [4.78, 5) is 12.2. The first kappa shape index (κ1) is 19.4. The van der Waals surface area contributed by atoms with E-state index in [0.717, 1.165) is 11.4 Å². The number of allylic oxidation sites excluding steroid dienone is 1. The van der Waals surface area contributed by atoms with E-state index >= 15 is 0 Å². The highest BCUT2D eigenvalue weighted by Crippen LogP contribution is 2.07. The van der Waals surface area contributed by atoms with Gasteiger partial charge in [0, 0.05) is 45.6 Å². The van der Waals surface area contributed by atoms with Gasteiger partial charge >= 0.3 is 0 Å². The number of rotatable bonds is 8. The normalized spacial score (nSPS) is 15.3. The Kier molecular flexibility index (Phi) is 9.39. The van der Waals surface area contributed by atoms with E-state index in [2.05, 4.69) is 9.83 Å². The molecule has 0 aliphatic carbocycles. The zero-order valence-corrected chi connectivity index (χ0v) is 13.4. The molecule has 1 unspecified atom stereocenters. The van der Waals surface area contributed by atoms with Gasteiger partial charge in [-0.2, -0.15) is 5.90 Å². The number of methoxy groups -OCH3 is 1. The van der Waals surface area contributed by atoms with Crippen molar-refractivity contribution in [3.8, 4) is 0 Å². The molecule has 0 fully saturated rings. The quantitative estimate of drug-likeness (QED) is 0.138. The third kappa shape index (κ3) is 6.58. The molecule has 0 radical (unpaired) electrons. The lowest BCUT2D eigenvalue weighted by Gasteiger charge is -2.27. The number of nitrogens with two attached hydrogens (primary N) is 2. The van der Waals surface area contributed by atoms with Crippen LogP contribution in [-0.4, -0.2) is 68.5 Å². The van der Waals surface area contributed by atoms with E-state index in [4.69, 9.17) is 16.4 Å². The number of amidine groups is 1. The number of hydrogen-bond donors (Lipinski definition) is 3. The minimum atomic E-state index is -0.924. The highest BCUT2D eigenvalue weighted by atomic mass is 16.6. The SMILES string of the molecule is CN=C(/C(C)=C(N)/C=C/ON)N(C)CCN(C)C(O)OC. The molecule has 1 atom stereocenters. The zero-order chi connectivity index (χ0) is 16.4. The smallest absolute Gasteiger partial charge is 0.215 e. The van der Waals surface area contributed by atoms with E-state index in [0.29, 0.717) is 18.8 Å². The molecule has 0 saturated carbocycles. The average Bonchev–Trinajstić information content (AvgIpc) is 2.49. The molecular weight excluding hydrogens is 274 g/mol. The first-order chi connectivity index (χ1) is 9.88. The van der Waals surface area contributed by atoms with Crippen molar-refractivity contribution in [3.63, 3.8) is 0 Å². The van der Waals surface area contributed by atoms with Crippen LogP contribution >= 0.6 is 0 Å². The maximum Gasteiger partial charge on any atom is 0.215 e. The van der Waals surface area contributed by atoms with E-state index in [1.807, 2.05) is 18.9 Å². The van der Waals surface area contributed by atoms with Crippen LogP contribution < -0.4 is 11.6 Å². The summed E-state index contributed by atoms with van der Waals surface area (Å²) in [5.74, 6) is 5.67. The molecule has 122 valence electrons. The molecule has 0 heterocycles. The molecule has 8 heteroatoms. The fourth-order valence-corrected chi connectivity index (χ4v) is 1.70. The monoisotopic (exact) mass is 301 g/mol. The van der Waals surface area contributed by atoms with Crippen molar-refractivity contribution in [2.45, 2.75) is 13.3 Å². The van der Waals surface area contributed by atoms with E-state index in [1.165, 1.54) is 13.4 Å². The third-order valence-electron chi connectivity index (χ3n) is 3.04. The van der Waals surface area contributed by atoms with Gasteiger partial charge in [-0.05, 0) is 20.0 Å². The van der Waals surface area contributed by atoms with Gasteiger partial charge in [-0.15, -0.1) is 0 Å². The standard InChI is InChI=1S/C13H27N5O3/c1-10(11(14)6-9-21-15)12(16-2)17(3)7-8-18(4)13(19)20-5/h6,9,13,19H,7-8,14-15H2,1-5H3/b9-6+,11-10-,16-12?. The lowest BCUT2D eigenvalue weighted by molar-refractivity contribution is -0.167. The number of ether oxygens (including phenoxy) is 1. The predicted molar refractivity (Wildman–Crippen MR) is 82.9 cm³/mol. The second-order valence-electron chi connectivity index (χ2n) is 4.53. The molecule has 0 aliphatic rings. The number of likely N-dealkylation sites (N-methyl/N-ethyl adjacent to an activating group) is 2. The van der Waals surface area contributed by atoms with Gasteiger partial charge in [0.25, 0.3) is 0 Å². The summed E-state index contributed by atoms with van der Waals surface area (Å²) in [6.07, 6.45) is 1.94. The number of aliphatic imine (C=N–C) groups is 1. The highest BCUT2D eigenvalue weighted by Gasteiger charge is 2.14. The largest absolute Gasteiger partial charge is 0.419 e. The predicted octanol–water partition coefficient (Wildman–Crippen LogP) is -0.563. The van der Waals surface area contributed by atoms with Crippen molar-refractivity contribution in [2.24, 2.45) is 16.6 Å². The summed E-state index contributed by atoms with van der Waals surface area (Å²) in [6, 6.07) is 0. The van der Waals surface area contributed by atoms with Gasteiger partial charge in [-0.25, -0.2) is 0 Å². The molecule has 0 spiro atoms. The molecule has 21 heavy (non-hydrogen) atoms. The van der Waals surface area contributed by atoms with Crippen molar-refractivity contribution < 1.29 is 14.7 Å². The molecule has 0 amide bonds. The summed E-state index contributed by atoms with van der Waals surface area (Å²) in [5, 5.41) is 9.52. The van der Waals surface area contributed by atoms with E-state index < -0.39 is 6.41 Å². The molecule has 0 aliphatic heterocycles. The van der Waals surface area contributed by atoms with Crippen LogP contribution in [0.5, 0.6) is 0 Å². The molecule has 8 nitrogen and oxygen atoms in total. The first-order valence-corrected chi connectivity index (χ1v) is 6.46. The van der Waals surface area contributed by atoms with Crippen LogP contribution in [0.25, 0.3) is 0 Å². The van der Waals surface area contributed by atoms with Crippen LogP contribution in [-0.2, 0) is 9.57 Å². The van der Waals surface area contributed by atoms with Gasteiger partial charge in [-0.1, -0.05) is 0 Å². The van der Waals surface area contributed by atoms with Gasteiger partial charge in [0.2, 0.25) is 6.41 Å². The summed E-state index contributed by atoms with van der Waals surface area (Å²) >= 11 is 0. The number of aliphatic hydroxyl groups excluding tert-OH is 1. The Hall–Kier alpha value is -1.61. The topological polar surface area (TPSA) is 110 Å². The maximum absolute atomic E-state index is 9.52. The van der Waals surface area contributed by atoms with Crippen molar-refractivity contribution >= 4 is 5.84 Å². The Labute approximate surface area is 126 Å². The molecular formula is C13H27N5O3. The third-order valence-corrected chi connectivity index (χ3v) is 3.04. The van der Waals surface area contributed by atoms with E-state index in [9.17, 15) is 5.11 Å². The molecule has 0 aromatic carbocycles. The van der Waals surface area contributed by atoms with Crippen LogP contribution in [0.3, 0.4) is 0 Å². The summed E-state index contributed by atoms with van der Waals surface area (Å²) < 4.78 is 4.83. The van der Waals surface area contributed by atoms with Crippen LogP contribution in [0.1, 0.15) is 6.92 Å². The minimum absolute atomic E-state index is 0.512. The summed E-state index contributed by atoms with van der Waals surface area (Å²) in [7, 11) is 6.81. The van der Waals surface area contributed by atoms with Crippen molar-refractivity contribution in [1.29, 1.82) is 0 Å². The fourth-order valence-electron chi connectivity index (χ4n) is 1.70. The van der Waals surface area contributed by atoms with Gasteiger partial charge in [-0.3, -0.25) is 9.89 Å². The fraction of sp³-hybridized carbons (Fsp3) is 0.615. The van der Waals surface area contributed by atoms with Crippen molar-refractivity contribution in [1.82, 2.24) is 9.80 Å². The minimum Gasteiger partial charge on any atom is -0.419 e. The lowest BCUT2D eigenvalue weighted by atomic mass is 10.2. The van der Waals surface area contributed by atoms with Crippen molar-refractivity contribution in [3.05, 3.63) is 23.6 Å². The van der Waals surface area contributed by atoms with Crippen LogP contribution in [0.15, 0.2) is 28.6 Å². The van der Waals surface area contributed by atoms with Crippen LogP contribution in [0.4, 0.5) is 0 Å². The Bertz CT molecular complexity index is 395. The highest BCUT2D eigenvalue weighted by molar-refractivity contribution is 5.98. The van der Waals surface area contributed by atoms with Gasteiger partial charge in [0.05, 0.1) is 0 Å². The number of nitrogens with zero attached hydrogens (tertiary/aromatic N) is 3. The summed E-state index contributed by atoms with van der Waals surface area (Å²) in [6.45, 7) is 3.10. The van der Waals surface area contributed by atoms with E-state index in [1.54, 1.807) is 25.1 Å². The Morgan fingerprint density at radius 2 is 2.00 bits per heavy atom. The number of hydrogen-bond acceptors (Lipinski definition) is 7. The second kappa shape index (κ2) is 10.2. The Morgan fingerprint density at radius 3 is 2.48 bits per heavy atom. The van der Waals surface area contributed by atoms with Crippen LogP contribution in [0.2, 0.25) is 0 Å². The van der Waals surface area contributed by atoms with Gasteiger partial charge in [0.15, 0.2) is 0 Å². The van der Waals surface area contributed by atoms with Crippen LogP contribution in [0, 0.1) is 0 Å². The Balaban J connectivity index is 4.78. The number of aliphatic hydroxyl groups is 1. The summed E-state index contributed by atoms with van der Waals surface area (Å²) in [5.41, 5.74) is 7.24. The average molecular weight is 301 g/mol. The molecule has 0 aromatic rings. The first-order valence-electron chi connectivity index (χ1n) is 6.46. The van der Waals surface area contributed by atoms with Gasteiger partial charge in [0.1, 0.15) is 12.1 Å². The van der Waals surface area contributed by atoms with Crippen molar-refractivity contribution in [2.75, 3.05) is 41.3 Å². The molecule has 0 saturated heterocycles. The molecule has 0 rings (SSSR count). The Morgan fingerprint density at radius 1 is 1.38 bits per heavy atom. The van der Waals surface area contributed by atoms with E-state index in [-0.39, 0.29) is 0 Å². The molecule has 5 N–H and O–H groups in total.